The fourth-order valence-corrected chi connectivity index (χ4v) is 3.06. The Hall–Kier alpha value is -0.540. The summed E-state index contributed by atoms with van der Waals surface area (Å²) in [6.45, 7) is 0.734. The zero-order chi connectivity index (χ0) is 11.6. The summed E-state index contributed by atoms with van der Waals surface area (Å²) in [6, 6.07) is 6.36. The van der Waals surface area contributed by atoms with Crippen LogP contribution in [0.4, 0.5) is 0 Å². The minimum Gasteiger partial charge on any atom is -0.496 e. The molecule has 0 unspecified atom stereocenters. The molecule has 0 saturated heterocycles. The van der Waals surface area contributed by atoms with Gasteiger partial charge in [0, 0.05) is 12.0 Å². The number of methoxy groups -OCH3 is 1. The van der Waals surface area contributed by atoms with Crippen LogP contribution in [0.15, 0.2) is 22.7 Å². The third kappa shape index (κ3) is 1.98. The Labute approximate surface area is 105 Å². The summed E-state index contributed by atoms with van der Waals surface area (Å²) in [5.41, 5.74) is 7.49. The molecular weight excluding hydrogens is 266 g/mol. The molecule has 1 aliphatic carbocycles. The largest absolute Gasteiger partial charge is 0.496 e. The third-order valence-electron chi connectivity index (χ3n) is 3.71. The van der Waals surface area contributed by atoms with Gasteiger partial charge in [-0.15, -0.1) is 0 Å². The van der Waals surface area contributed by atoms with Gasteiger partial charge in [0.2, 0.25) is 0 Å². The molecule has 2 rings (SSSR count). The average Bonchev–Trinajstić information content (AvgIpc) is 2.79. The smallest absolute Gasteiger partial charge is 0.133 e. The van der Waals surface area contributed by atoms with Gasteiger partial charge in [-0.2, -0.15) is 0 Å². The molecule has 88 valence electrons. The second-order valence-corrected chi connectivity index (χ2v) is 5.40. The Morgan fingerprint density at radius 3 is 2.62 bits per heavy atom. The molecule has 1 fully saturated rings. The van der Waals surface area contributed by atoms with Gasteiger partial charge in [0.1, 0.15) is 5.75 Å². The molecule has 16 heavy (non-hydrogen) atoms. The van der Waals surface area contributed by atoms with Crippen LogP contribution in [0.3, 0.4) is 0 Å². The molecule has 1 aromatic carbocycles. The third-order valence-corrected chi connectivity index (χ3v) is 4.37. The molecule has 0 atom stereocenters. The summed E-state index contributed by atoms with van der Waals surface area (Å²) in [7, 11) is 1.70. The van der Waals surface area contributed by atoms with Crippen molar-refractivity contribution in [2.75, 3.05) is 13.7 Å². The summed E-state index contributed by atoms with van der Waals surface area (Å²) in [6.07, 6.45) is 4.98. The zero-order valence-corrected chi connectivity index (χ0v) is 11.2. The van der Waals surface area contributed by atoms with E-state index < -0.39 is 0 Å². The molecule has 2 nitrogen and oxygen atoms in total. The number of halogens is 1. The predicted octanol–water partition coefficient (Wildman–Crippen LogP) is 3.23. The predicted molar refractivity (Wildman–Crippen MR) is 69.9 cm³/mol. The highest BCUT2D eigenvalue weighted by Gasteiger charge is 2.34. The van der Waals surface area contributed by atoms with Crippen molar-refractivity contribution in [3.63, 3.8) is 0 Å². The van der Waals surface area contributed by atoms with Crippen molar-refractivity contribution in [2.45, 2.75) is 31.1 Å². The van der Waals surface area contributed by atoms with E-state index in [2.05, 4.69) is 34.1 Å². The number of nitrogens with two attached hydrogens (primary N) is 1. The van der Waals surface area contributed by atoms with Crippen molar-refractivity contribution in [3.8, 4) is 5.75 Å². The molecule has 1 aliphatic rings. The van der Waals surface area contributed by atoms with Gasteiger partial charge in [-0.3, -0.25) is 0 Å². The van der Waals surface area contributed by atoms with Crippen molar-refractivity contribution in [1.29, 1.82) is 0 Å². The lowest BCUT2D eigenvalue weighted by atomic mass is 9.79. The van der Waals surface area contributed by atoms with Gasteiger partial charge in [0.25, 0.3) is 0 Å². The van der Waals surface area contributed by atoms with Crippen molar-refractivity contribution < 1.29 is 4.74 Å². The van der Waals surface area contributed by atoms with Crippen LogP contribution in [0.25, 0.3) is 0 Å². The number of hydrogen-bond donors (Lipinski definition) is 1. The Bertz CT molecular complexity index is 372. The number of ether oxygens (including phenoxy) is 1. The number of hydrogen-bond acceptors (Lipinski definition) is 2. The SMILES string of the molecule is COc1cc(C2(CN)CCCC2)ccc1Br. The van der Waals surface area contributed by atoms with Crippen molar-refractivity contribution in [3.05, 3.63) is 28.2 Å². The topological polar surface area (TPSA) is 35.2 Å². The van der Waals surface area contributed by atoms with Crippen LogP contribution < -0.4 is 10.5 Å². The van der Waals surface area contributed by atoms with Gasteiger partial charge in [0.05, 0.1) is 11.6 Å². The van der Waals surface area contributed by atoms with E-state index in [1.807, 2.05) is 0 Å². The molecule has 0 aromatic heterocycles. The van der Waals surface area contributed by atoms with Crippen molar-refractivity contribution in [2.24, 2.45) is 5.73 Å². The second-order valence-electron chi connectivity index (χ2n) is 4.54. The Balaban J connectivity index is 2.38. The highest BCUT2D eigenvalue weighted by atomic mass is 79.9. The molecule has 0 amide bonds. The lowest BCUT2D eigenvalue weighted by Gasteiger charge is -2.28. The first kappa shape index (κ1) is 11.9. The van der Waals surface area contributed by atoms with Crippen LogP contribution in [-0.4, -0.2) is 13.7 Å². The van der Waals surface area contributed by atoms with Crippen LogP contribution in [-0.2, 0) is 5.41 Å². The first-order chi connectivity index (χ1) is 7.72. The van der Waals surface area contributed by atoms with Crippen molar-refractivity contribution in [1.82, 2.24) is 0 Å². The van der Waals surface area contributed by atoms with E-state index in [4.69, 9.17) is 10.5 Å². The zero-order valence-electron chi connectivity index (χ0n) is 9.63. The molecule has 1 saturated carbocycles. The lowest BCUT2D eigenvalue weighted by Crippen LogP contribution is -2.31. The van der Waals surface area contributed by atoms with E-state index in [9.17, 15) is 0 Å². The monoisotopic (exact) mass is 283 g/mol. The normalized spacial score (nSPS) is 18.7. The summed E-state index contributed by atoms with van der Waals surface area (Å²) < 4.78 is 6.35. The maximum atomic E-state index is 5.98. The maximum absolute atomic E-state index is 5.98. The van der Waals surface area contributed by atoms with Gasteiger partial charge >= 0.3 is 0 Å². The first-order valence-electron chi connectivity index (χ1n) is 5.76. The van der Waals surface area contributed by atoms with E-state index in [-0.39, 0.29) is 5.41 Å². The highest BCUT2D eigenvalue weighted by molar-refractivity contribution is 9.10. The second kappa shape index (κ2) is 4.76. The number of rotatable bonds is 3. The Morgan fingerprint density at radius 2 is 2.06 bits per heavy atom. The summed E-state index contributed by atoms with van der Waals surface area (Å²) >= 11 is 3.48. The minimum atomic E-state index is 0.188. The van der Waals surface area contributed by atoms with Gasteiger partial charge in [-0.1, -0.05) is 18.9 Å². The quantitative estimate of drug-likeness (QED) is 0.925. The molecule has 0 bridgehead atoms. The van der Waals surface area contributed by atoms with Gasteiger partial charge < -0.3 is 10.5 Å². The first-order valence-corrected chi connectivity index (χ1v) is 6.55. The molecule has 0 radical (unpaired) electrons. The molecule has 0 heterocycles. The molecular formula is C13H18BrNO. The maximum Gasteiger partial charge on any atom is 0.133 e. The molecule has 0 aliphatic heterocycles. The van der Waals surface area contributed by atoms with Gasteiger partial charge in [0.15, 0.2) is 0 Å². The fourth-order valence-electron chi connectivity index (χ4n) is 2.65. The summed E-state index contributed by atoms with van der Waals surface area (Å²) in [5, 5.41) is 0. The highest BCUT2D eigenvalue weighted by Crippen LogP contribution is 2.42. The number of benzene rings is 1. The molecule has 1 aromatic rings. The molecule has 0 spiro atoms. The Morgan fingerprint density at radius 1 is 1.38 bits per heavy atom. The van der Waals surface area contributed by atoms with Crippen LogP contribution in [0.1, 0.15) is 31.2 Å². The van der Waals surface area contributed by atoms with Gasteiger partial charge in [-0.05, 0) is 46.5 Å². The summed E-state index contributed by atoms with van der Waals surface area (Å²) in [5.74, 6) is 0.900. The Kier molecular flexibility index (Phi) is 3.55. The van der Waals surface area contributed by atoms with E-state index >= 15 is 0 Å². The van der Waals surface area contributed by atoms with E-state index in [0.29, 0.717) is 0 Å². The fraction of sp³-hybridized carbons (Fsp3) is 0.538. The minimum absolute atomic E-state index is 0.188. The van der Waals surface area contributed by atoms with Crippen LogP contribution >= 0.6 is 15.9 Å². The summed E-state index contributed by atoms with van der Waals surface area (Å²) in [4.78, 5) is 0. The van der Waals surface area contributed by atoms with Crippen LogP contribution in [0.2, 0.25) is 0 Å². The lowest BCUT2D eigenvalue weighted by molar-refractivity contribution is 0.405. The van der Waals surface area contributed by atoms with Gasteiger partial charge in [-0.25, -0.2) is 0 Å². The van der Waals surface area contributed by atoms with Crippen LogP contribution in [0.5, 0.6) is 5.75 Å². The molecule has 3 heteroatoms. The van der Waals surface area contributed by atoms with E-state index in [1.165, 1.54) is 31.2 Å². The molecule has 2 N–H and O–H groups in total. The van der Waals surface area contributed by atoms with Crippen molar-refractivity contribution >= 4 is 15.9 Å². The average molecular weight is 284 g/mol. The van der Waals surface area contributed by atoms with E-state index in [0.717, 1.165) is 16.8 Å². The standard InChI is InChI=1S/C13H18BrNO/c1-16-12-8-10(4-5-11(12)14)13(9-15)6-2-3-7-13/h4-5,8H,2-3,6-7,9,15H2,1H3. The van der Waals surface area contributed by atoms with E-state index in [1.54, 1.807) is 7.11 Å². The van der Waals surface area contributed by atoms with Crippen LogP contribution in [0, 0.1) is 0 Å².